The number of anilines is 4. The molecule has 100 valence electrons. The van der Waals surface area contributed by atoms with Gasteiger partial charge in [0.2, 0.25) is 0 Å². The van der Waals surface area contributed by atoms with Crippen LogP contribution >= 0.6 is 0 Å². The third-order valence-electron chi connectivity index (χ3n) is 2.74. The van der Waals surface area contributed by atoms with Gasteiger partial charge in [-0.3, -0.25) is 0 Å². The van der Waals surface area contributed by atoms with Gasteiger partial charge in [0.15, 0.2) is 11.6 Å². The van der Waals surface area contributed by atoms with E-state index in [9.17, 15) is 0 Å². The summed E-state index contributed by atoms with van der Waals surface area (Å²) < 4.78 is 0. The van der Waals surface area contributed by atoms with Crippen LogP contribution in [0.4, 0.5) is 23.0 Å². The third-order valence-corrected chi connectivity index (χ3v) is 2.74. The van der Waals surface area contributed by atoms with E-state index in [-0.39, 0.29) is 0 Å². The fourth-order valence-corrected chi connectivity index (χ4v) is 1.65. The van der Waals surface area contributed by atoms with E-state index in [1.807, 2.05) is 24.3 Å². The lowest BCUT2D eigenvalue weighted by Gasteiger charge is -2.12. The minimum absolute atomic E-state index is 0.538. The molecule has 0 aliphatic heterocycles. The SMILES string of the molecule is CCCNc1ncnc(Nc2ccc(C)cc2)c1N. The lowest BCUT2D eigenvalue weighted by Crippen LogP contribution is -2.08. The van der Waals surface area contributed by atoms with Crippen LogP contribution in [0.2, 0.25) is 0 Å². The summed E-state index contributed by atoms with van der Waals surface area (Å²) in [5.41, 5.74) is 8.76. The molecule has 0 aliphatic rings. The lowest BCUT2D eigenvalue weighted by molar-refractivity contribution is 0.966. The van der Waals surface area contributed by atoms with Crippen molar-refractivity contribution in [3.63, 3.8) is 0 Å². The van der Waals surface area contributed by atoms with Crippen molar-refractivity contribution in [1.29, 1.82) is 0 Å². The summed E-state index contributed by atoms with van der Waals surface area (Å²) in [6, 6.07) is 8.07. The molecule has 0 atom stereocenters. The summed E-state index contributed by atoms with van der Waals surface area (Å²) in [5, 5.41) is 6.38. The molecule has 2 aromatic rings. The molecule has 1 heterocycles. The molecule has 2 rings (SSSR count). The number of nitrogens with two attached hydrogens (primary N) is 1. The number of hydrogen-bond donors (Lipinski definition) is 3. The molecule has 0 saturated carbocycles. The second-order valence-corrected chi connectivity index (χ2v) is 4.40. The number of benzene rings is 1. The van der Waals surface area contributed by atoms with Crippen molar-refractivity contribution in [1.82, 2.24) is 9.97 Å². The molecule has 0 spiro atoms. The Morgan fingerprint density at radius 1 is 1.11 bits per heavy atom. The Balaban J connectivity index is 2.18. The van der Waals surface area contributed by atoms with Crippen molar-refractivity contribution in [3.8, 4) is 0 Å². The molecule has 0 aliphatic carbocycles. The third kappa shape index (κ3) is 3.34. The molecule has 19 heavy (non-hydrogen) atoms. The average molecular weight is 257 g/mol. The standard InChI is InChI=1S/C14H19N5/c1-3-8-16-13-12(15)14(18-9-17-13)19-11-6-4-10(2)5-7-11/h4-7,9H,3,8,15H2,1-2H3,(H2,16,17,18,19). The van der Waals surface area contributed by atoms with E-state index in [2.05, 4.69) is 34.4 Å². The van der Waals surface area contributed by atoms with E-state index < -0.39 is 0 Å². The molecule has 5 heteroatoms. The predicted molar refractivity (Wildman–Crippen MR) is 79.7 cm³/mol. The summed E-state index contributed by atoms with van der Waals surface area (Å²) >= 11 is 0. The van der Waals surface area contributed by atoms with Gasteiger partial charge in [0.05, 0.1) is 0 Å². The van der Waals surface area contributed by atoms with Crippen molar-refractivity contribution >= 4 is 23.0 Å². The van der Waals surface area contributed by atoms with Crippen LogP contribution in [0, 0.1) is 6.92 Å². The van der Waals surface area contributed by atoms with Gasteiger partial charge in [-0.15, -0.1) is 0 Å². The maximum Gasteiger partial charge on any atom is 0.159 e. The van der Waals surface area contributed by atoms with Gasteiger partial charge in [-0.1, -0.05) is 24.6 Å². The van der Waals surface area contributed by atoms with E-state index in [1.165, 1.54) is 11.9 Å². The maximum absolute atomic E-state index is 6.05. The first-order chi connectivity index (χ1) is 9.20. The highest BCUT2D eigenvalue weighted by Gasteiger charge is 2.07. The van der Waals surface area contributed by atoms with Crippen molar-refractivity contribution < 1.29 is 0 Å². The van der Waals surface area contributed by atoms with Crippen molar-refractivity contribution in [2.24, 2.45) is 0 Å². The maximum atomic E-state index is 6.05. The second kappa shape index (κ2) is 6.04. The smallest absolute Gasteiger partial charge is 0.159 e. The van der Waals surface area contributed by atoms with E-state index in [0.29, 0.717) is 17.3 Å². The lowest BCUT2D eigenvalue weighted by atomic mass is 10.2. The van der Waals surface area contributed by atoms with Crippen molar-refractivity contribution in [2.75, 3.05) is 22.9 Å². The Bertz CT molecular complexity index is 536. The summed E-state index contributed by atoms with van der Waals surface area (Å²) in [5.74, 6) is 1.30. The van der Waals surface area contributed by atoms with Gasteiger partial charge in [-0.05, 0) is 25.5 Å². The van der Waals surface area contributed by atoms with Crippen LogP contribution in [0.5, 0.6) is 0 Å². The van der Waals surface area contributed by atoms with Crippen LogP contribution in [0.1, 0.15) is 18.9 Å². The van der Waals surface area contributed by atoms with Crippen molar-refractivity contribution in [3.05, 3.63) is 36.2 Å². The predicted octanol–water partition coefficient (Wildman–Crippen LogP) is 2.93. The molecule has 5 nitrogen and oxygen atoms in total. The van der Waals surface area contributed by atoms with Crippen LogP contribution < -0.4 is 16.4 Å². The number of aromatic nitrogens is 2. The van der Waals surface area contributed by atoms with E-state index in [1.54, 1.807) is 0 Å². The Kier molecular flexibility index (Phi) is 4.18. The molecule has 1 aromatic carbocycles. The van der Waals surface area contributed by atoms with Crippen LogP contribution in [-0.4, -0.2) is 16.5 Å². The van der Waals surface area contributed by atoms with Gasteiger partial charge in [0.25, 0.3) is 0 Å². The van der Waals surface area contributed by atoms with Crippen LogP contribution in [-0.2, 0) is 0 Å². The molecule has 0 unspecified atom stereocenters. The highest BCUT2D eigenvalue weighted by atomic mass is 15.1. The molecule has 4 N–H and O–H groups in total. The first-order valence-electron chi connectivity index (χ1n) is 6.38. The monoisotopic (exact) mass is 257 g/mol. The number of rotatable bonds is 5. The van der Waals surface area contributed by atoms with Gasteiger partial charge in [0.1, 0.15) is 12.0 Å². The van der Waals surface area contributed by atoms with Gasteiger partial charge >= 0.3 is 0 Å². The van der Waals surface area contributed by atoms with Gasteiger partial charge in [-0.25, -0.2) is 9.97 Å². The molecule has 0 amide bonds. The minimum Gasteiger partial charge on any atom is -0.393 e. The summed E-state index contributed by atoms with van der Waals surface area (Å²) in [6.07, 6.45) is 2.52. The quantitative estimate of drug-likeness (QED) is 0.767. The molecular weight excluding hydrogens is 238 g/mol. The molecule has 1 aromatic heterocycles. The number of nitrogens with zero attached hydrogens (tertiary/aromatic N) is 2. The van der Waals surface area contributed by atoms with E-state index >= 15 is 0 Å². The number of nitrogen functional groups attached to an aromatic ring is 1. The van der Waals surface area contributed by atoms with E-state index in [0.717, 1.165) is 18.7 Å². The molecule has 0 saturated heterocycles. The fraction of sp³-hybridized carbons (Fsp3) is 0.286. The number of hydrogen-bond acceptors (Lipinski definition) is 5. The van der Waals surface area contributed by atoms with Gasteiger partial charge < -0.3 is 16.4 Å². The van der Waals surface area contributed by atoms with Crippen molar-refractivity contribution in [2.45, 2.75) is 20.3 Å². The highest BCUT2D eigenvalue weighted by molar-refractivity contribution is 5.77. The molecule has 0 bridgehead atoms. The summed E-state index contributed by atoms with van der Waals surface area (Å²) in [7, 11) is 0. The Labute approximate surface area is 113 Å². The molecule has 0 radical (unpaired) electrons. The van der Waals surface area contributed by atoms with Gasteiger partial charge in [-0.2, -0.15) is 0 Å². The van der Waals surface area contributed by atoms with E-state index in [4.69, 9.17) is 5.73 Å². The van der Waals surface area contributed by atoms with Crippen LogP contribution in [0.15, 0.2) is 30.6 Å². The zero-order valence-corrected chi connectivity index (χ0v) is 11.3. The Morgan fingerprint density at radius 3 is 2.47 bits per heavy atom. The Hall–Kier alpha value is -2.30. The van der Waals surface area contributed by atoms with Crippen LogP contribution in [0.25, 0.3) is 0 Å². The average Bonchev–Trinajstić information content (AvgIpc) is 2.42. The summed E-state index contributed by atoms with van der Waals surface area (Å²) in [4.78, 5) is 8.32. The summed E-state index contributed by atoms with van der Waals surface area (Å²) in [6.45, 7) is 4.98. The second-order valence-electron chi connectivity index (χ2n) is 4.40. The largest absolute Gasteiger partial charge is 0.393 e. The molecular formula is C14H19N5. The zero-order valence-electron chi connectivity index (χ0n) is 11.3. The highest BCUT2D eigenvalue weighted by Crippen LogP contribution is 2.25. The molecule has 0 fully saturated rings. The first kappa shape index (κ1) is 13.1. The van der Waals surface area contributed by atoms with Gasteiger partial charge in [0, 0.05) is 12.2 Å². The first-order valence-corrected chi connectivity index (χ1v) is 6.38. The topological polar surface area (TPSA) is 75.9 Å². The number of aryl methyl sites for hydroxylation is 1. The minimum atomic E-state index is 0.538. The Morgan fingerprint density at radius 2 is 1.79 bits per heavy atom. The van der Waals surface area contributed by atoms with Crippen LogP contribution in [0.3, 0.4) is 0 Å². The normalized spacial score (nSPS) is 10.2. The number of nitrogens with one attached hydrogen (secondary N) is 2. The zero-order chi connectivity index (χ0) is 13.7. The fourth-order valence-electron chi connectivity index (χ4n) is 1.65.